The molecule has 1 aliphatic carbocycles. The molecule has 9 heteroatoms. The van der Waals surface area contributed by atoms with E-state index < -0.39 is 11.9 Å². The minimum Gasteiger partial charge on any atom is -0.465 e. The molecule has 2 heterocycles. The van der Waals surface area contributed by atoms with Crippen molar-refractivity contribution in [2.45, 2.75) is 18.5 Å². The first kappa shape index (κ1) is 22.6. The van der Waals surface area contributed by atoms with E-state index in [0.717, 1.165) is 56.2 Å². The Bertz CT molecular complexity index is 1050. The van der Waals surface area contributed by atoms with Gasteiger partial charge in [-0.2, -0.15) is 0 Å². The van der Waals surface area contributed by atoms with Gasteiger partial charge < -0.3 is 25.4 Å². The predicted molar refractivity (Wildman–Crippen MR) is 125 cm³/mol. The van der Waals surface area contributed by atoms with Crippen molar-refractivity contribution in [3.8, 4) is 0 Å². The number of ether oxygens (including phenoxy) is 1. The van der Waals surface area contributed by atoms with Gasteiger partial charge in [0.2, 0.25) is 0 Å². The summed E-state index contributed by atoms with van der Waals surface area (Å²) in [7, 11) is 0. The highest BCUT2D eigenvalue weighted by Crippen LogP contribution is 2.38. The molecule has 2 aliphatic heterocycles. The molecule has 3 N–H and O–H groups in total. The zero-order valence-corrected chi connectivity index (χ0v) is 18.9. The summed E-state index contributed by atoms with van der Waals surface area (Å²) in [5.41, 5.74) is 3.60. The third-order valence-electron chi connectivity index (χ3n) is 7.14. The SMILES string of the molecule is O=C(O)NC[C@@H]1Cc2ccc(N3CCN(C4COC4)CC3)cc2[C@H]1NC(=O)c1ccc(F)cc1. The molecule has 2 atom stereocenters. The van der Waals surface area contributed by atoms with E-state index >= 15 is 0 Å². The second kappa shape index (κ2) is 9.60. The lowest BCUT2D eigenvalue weighted by molar-refractivity contribution is -0.0660. The van der Waals surface area contributed by atoms with E-state index in [0.29, 0.717) is 18.0 Å². The average molecular weight is 469 g/mol. The molecule has 0 unspecified atom stereocenters. The molecular formula is C25H29FN4O4. The van der Waals surface area contributed by atoms with Crippen LogP contribution in [0.25, 0.3) is 0 Å². The fourth-order valence-electron chi connectivity index (χ4n) is 5.12. The highest BCUT2D eigenvalue weighted by molar-refractivity contribution is 5.94. The molecule has 2 aromatic rings. The Labute approximate surface area is 197 Å². The maximum atomic E-state index is 13.3. The Kier molecular flexibility index (Phi) is 6.38. The van der Waals surface area contributed by atoms with Crippen LogP contribution in [0.1, 0.15) is 27.5 Å². The number of benzene rings is 2. The van der Waals surface area contributed by atoms with Crippen LogP contribution in [0.4, 0.5) is 14.9 Å². The number of nitrogens with one attached hydrogen (secondary N) is 2. The van der Waals surface area contributed by atoms with Crippen molar-refractivity contribution in [2.24, 2.45) is 5.92 Å². The molecule has 2 aromatic carbocycles. The topological polar surface area (TPSA) is 94.1 Å². The van der Waals surface area contributed by atoms with Crippen molar-refractivity contribution in [1.82, 2.24) is 15.5 Å². The summed E-state index contributed by atoms with van der Waals surface area (Å²) >= 11 is 0. The molecule has 0 spiro atoms. The number of fused-ring (bicyclic) bond motifs is 1. The van der Waals surface area contributed by atoms with Gasteiger partial charge in [0.15, 0.2) is 0 Å². The van der Waals surface area contributed by atoms with Crippen molar-refractivity contribution in [1.29, 1.82) is 0 Å². The summed E-state index contributed by atoms with van der Waals surface area (Å²) in [6, 6.07) is 12.0. The summed E-state index contributed by atoms with van der Waals surface area (Å²) in [5, 5.41) is 14.7. The molecule has 0 saturated carbocycles. The maximum absolute atomic E-state index is 13.3. The fraction of sp³-hybridized carbons (Fsp3) is 0.440. The number of nitrogens with zero attached hydrogens (tertiary/aromatic N) is 2. The van der Waals surface area contributed by atoms with E-state index in [2.05, 4.69) is 38.6 Å². The van der Waals surface area contributed by atoms with E-state index in [1.165, 1.54) is 24.3 Å². The molecule has 8 nitrogen and oxygen atoms in total. The Morgan fingerprint density at radius 1 is 1.06 bits per heavy atom. The van der Waals surface area contributed by atoms with E-state index in [-0.39, 0.29) is 24.4 Å². The molecule has 180 valence electrons. The van der Waals surface area contributed by atoms with Gasteiger partial charge in [-0.1, -0.05) is 6.07 Å². The highest BCUT2D eigenvalue weighted by atomic mass is 19.1. The fourth-order valence-corrected chi connectivity index (χ4v) is 5.12. The minimum absolute atomic E-state index is 0.110. The van der Waals surface area contributed by atoms with Crippen LogP contribution in [0.15, 0.2) is 42.5 Å². The summed E-state index contributed by atoms with van der Waals surface area (Å²) in [6.45, 7) is 5.69. The van der Waals surface area contributed by atoms with Gasteiger partial charge in [-0.05, 0) is 53.9 Å². The van der Waals surface area contributed by atoms with E-state index in [1.54, 1.807) is 0 Å². The number of anilines is 1. The molecule has 5 rings (SSSR count). The Morgan fingerprint density at radius 3 is 2.44 bits per heavy atom. The van der Waals surface area contributed by atoms with Crippen LogP contribution in [0.3, 0.4) is 0 Å². The normalized spacial score (nSPS) is 22.7. The molecular weight excluding hydrogens is 439 g/mol. The van der Waals surface area contributed by atoms with Crippen molar-refractivity contribution >= 4 is 17.7 Å². The van der Waals surface area contributed by atoms with Gasteiger partial charge in [-0.25, -0.2) is 9.18 Å². The number of amides is 2. The highest BCUT2D eigenvalue weighted by Gasteiger charge is 2.35. The number of hydrogen-bond acceptors (Lipinski definition) is 5. The van der Waals surface area contributed by atoms with Crippen LogP contribution >= 0.6 is 0 Å². The number of carbonyl (C=O) groups is 2. The van der Waals surface area contributed by atoms with Gasteiger partial charge in [0.1, 0.15) is 5.82 Å². The number of halogens is 1. The van der Waals surface area contributed by atoms with Crippen molar-refractivity contribution < 1.29 is 23.8 Å². The third kappa shape index (κ3) is 4.71. The molecule has 3 aliphatic rings. The molecule has 0 radical (unpaired) electrons. The number of hydrogen-bond donors (Lipinski definition) is 3. The van der Waals surface area contributed by atoms with Gasteiger partial charge >= 0.3 is 6.09 Å². The zero-order valence-electron chi connectivity index (χ0n) is 18.9. The second-order valence-corrected chi connectivity index (χ2v) is 9.21. The first-order valence-corrected chi connectivity index (χ1v) is 11.7. The van der Waals surface area contributed by atoms with E-state index in [1.807, 2.05) is 0 Å². The lowest BCUT2D eigenvalue weighted by Crippen LogP contribution is -2.56. The first-order valence-electron chi connectivity index (χ1n) is 11.7. The molecule has 0 aromatic heterocycles. The third-order valence-corrected chi connectivity index (χ3v) is 7.14. The zero-order chi connectivity index (χ0) is 23.7. The summed E-state index contributed by atoms with van der Waals surface area (Å²) in [6.07, 6.45) is -0.422. The lowest BCUT2D eigenvalue weighted by atomic mass is 9.99. The average Bonchev–Trinajstić information content (AvgIpc) is 3.14. The van der Waals surface area contributed by atoms with Crippen LogP contribution in [0.2, 0.25) is 0 Å². The van der Waals surface area contributed by atoms with Crippen molar-refractivity contribution in [3.05, 3.63) is 65.0 Å². The first-order chi connectivity index (χ1) is 16.5. The van der Waals surface area contributed by atoms with Crippen LogP contribution in [-0.2, 0) is 11.2 Å². The Morgan fingerprint density at radius 2 is 1.79 bits per heavy atom. The monoisotopic (exact) mass is 468 g/mol. The lowest BCUT2D eigenvalue weighted by Gasteiger charge is -2.43. The maximum Gasteiger partial charge on any atom is 0.404 e. The predicted octanol–water partition coefficient (Wildman–Crippen LogP) is 2.26. The standard InChI is InChI=1S/C25H29FN4O4/c26-19-4-1-16(2-5-19)24(31)28-23-18(13-27-25(32)33)11-17-3-6-20(12-22(17)23)29-7-9-30(10-8-29)21-14-34-15-21/h1-6,12,18,21,23,27H,7-11,13-15H2,(H,28,31)(H,32,33)/t18-,23-/m0/s1. The van der Waals surface area contributed by atoms with Gasteiger partial charge in [-0.15, -0.1) is 0 Å². The van der Waals surface area contributed by atoms with Crippen LogP contribution in [-0.4, -0.2) is 74.0 Å². The summed E-state index contributed by atoms with van der Waals surface area (Å²) < 4.78 is 18.6. The van der Waals surface area contributed by atoms with E-state index in [9.17, 15) is 14.0 Å². The van der Waals surface area contributed by atoms with E-state index in [4.69, 9.17) is 9.84 Å². The summed E-state index contributed by atoms with van der Waals surface area (Å²) in [4.78, 5) is 28.9. The van der Waals surface area contributed by atoms with Crippen molar-refractivity contribution in [3.63, 3.8) is 0 Å². The van der Waals surface area contributed by atoms with Crippen molar-refractivity contribution in [2.75, 3.05) is 50.8 Å². The minimum atomic E-state index is -1.09. The van der Waals surface area contributed by atoms with Gasteiger partial charge in [-0.3, -0.25) is 9.69 Å². The number of rotatable bonds is 6. The Hall–Kier alpha value is -3.17. The summed E-state index contributed by atoms with van der Waals surface area (Å²) in [5.74, 6) is -0.818. The molecule has 2 amide bonds. The quantitative estimate of drug-likeness (QED) is 0.602. The van der Waals surface area contributed by atoms with Gasteiger partial charge in [0.05, 0.1) is 25.3 Å². The van der Waals surface area contributed by atoms with Crippen LogP contribution in [0.5, 0.6) is 0 Å². The van der Waals surface area contributed by atoms with Crippen LogP contribution in [0, 0.1) is 11.7 Å². The molecule has 34 heavy (non-hydrogen) atoms. The van der Waals surface area contributed by atoms with Gasteiger partial charge in [0.25, 0.3) is 5.91 Å². The van der Waals surface area contributed by atoms with Gasteiger partial charge in [0, 0.05) is 49.9 Å². The smallest absolute Gasteiger partial charge is 0.404 e. The molecule has 0 bridgehead atoms. The number of carboxylic acid groups (broad SMARTS) is 1. The Balaban J connectivity index is 1.34. The van der Waals surface area contributed by atoms with Crippen LogP contribution < -0.4 is 15.5 Å². The molecule has 2 saturated heterocycles. The second-order valence-electron chi connectivity index (χ2n) is 9.21. The number of piperazine rings is 1. The number of carbonyl (C=O) groups excluding carboxylic acids is 1. The largest absolute Gasteiger partial charge is 0.465 e. The molecule has 2 fully saturated rings.